The highest BCUT2D eigenvalue weighted by Crippen LogP contribution is 2.36. The predicted octanol–water partition coefficient (Wildman–Crippen LogP) is 5.38. The molecule has 0 atom stereocenters. The molecule has 0 radical (unpaired) electrons. The van der Waals surface area contributed by atoms with E-state index in [-0.39, 0.29) is 29.1 Å². The van der Waals surface area contributed by atoms with E-state index in [1.807, 2.05) is 37.3 Å². The number of aromatic nitrogens is 1. The molecule has 2 aromatic heterocycles. The second-order valence-electron chi connectivity index (χ2n) is 7.87. The second kappa shape index (κ2) is 11.2. The number of nitrogens with zero attached hydrogens (tertiary/aromatic N) is 2. The zero-order valence-electron chi connectivity index (χ0n) is 19.6. The van der Waals surface area contributed by atoms with Crippen LogP contribution < -0.4 is 15.4 Å². The van der Waals surface area contributed by atoms with Crippen molar-refractivity contribution < 1.29 is 18.7 Å². The normalized spacial score (nSPS) is 10.6. The lowest BCUT2D eigenvalue weighted by Gasteiger charge is -2.12. The minimum atomic E-state index is -0.623. The Bertz CT molecular complexity index is 1430. The molecular weight excluding hydrogens is 499 g/mol. The summed E-state index contributed by atoms with van der Waals surface area (Å²) in [5.74, 6) is -0.618. The number of thiophene rings is 1. The van der Waals surface area contributed by atoms with Gasteiger partial charge < -0.3 is 20.3 Å². The minimum absolute atomic E-state index is 0.000894. The zero-order valence-corrected chi connectivity index (χ0v) is 21.2. The van der Waals surface area contributed by atoms with Crippen molar-refractivity contribution in [2.24, 2.45) is 0 Å². The lowest BCUT2D eigenvalue weighted by Crippen LogP contribution is -2.35. The molecule has 184 valence electrons. The van der Waals surface area contributed by atoms with Gasteiger partial charge in [0.1, 0.15) is 5.75 Å². The standard InChI is InChI=1S/C26H23FN4O3S2/c1-3-31(2)25(33)22-15-19-24(36-22)21(11-12-28-19)34-20-10-9-17(14-18(20)27)29-26(35)30-23(32)13-16-7-5-4-6-8-16/h4-12,14-15H,3,13H2,1-2H3,(H2,29,30,32,35). The van der Waals surface area contributed by atoms with Crippen LogP contribution in [0.25, 0.3) is 10.2 Å². The number of pyridine rings is 1. The van der Waals surface area contributed by atoms with E-state index in [1.165, 1.54) is 23.5 Å². The molecule has 0 unspecified atom stereocenters. The monoisotopic (exact) mass is 522 g/mol. The van der Waals surface area contributed by atoms with Crippen molar-refractivity contribution >= 4 is 56.4 Å². The summed E-state index contributed by atoms with van der Waals surface area (Å²) in [6.07, 6.45) is 1.72. The highest BCUT2D eigenvalue weighted by Gasteiger charge is 2.18. The van der Waals surface area contributed by atoms with Crippen LogP contribution in [0.1, 0.15) is 22.2 Å². The topological polar surface area (TPSA) is 83.6 Å². The Balaban J connectivity index is 1.43. The Labute approximate surface area is 216 Å². The van der Waals surface area contributed by atoms with Gasteiger partial charge in [-0.15, -0.1) is 11.3 Å². The van der Waals surface area contributed by atoms with Crippen molar-refractivity contribution in [2.75, 3.05) is 18.9 Å². The van der Waals surface area contributed by atoms with E-state index in [2.05, 4.69) is 15.6 Å². The number of hydrogen-bond acceptors (Lipinski definition) is 6. The number of anilines is 1. The lowest BCUT2D eigenvalue weighted by atomic mass is 10.1. The summed E-state index contributed by atoms with van der Waals surface area (Å²) in [4.78, 5) is 31.1. The third-order valence-corrected chi connectivity index (χ3v) is 6.61. The first-order valence-electron chi connectivity index (χ1n) is 11.1. The molecule has 0 fully saturated rings. The fraction of sp³-hybridized carbons (Fsp3) is 0.154. The van der Waals surface area contributed by atoms with Gasteiger partial charge >= 0.3 is 0 Å². The van der Waals surface area contributed by atoms with E-state index >= 15 is 0 Å². The molecule has 0 saturated carbocycles. The number of amides is 2. The zero-order chi connectivity index (χ0) is 25.7. The van der Waals surface area contributed by atoms with Crippen molar-refractivity contribution in [3.63, 3.8) is 0 Å². The van der Waals surface area contributed by atoms with Gasteiger partial charge in [-0.25, -0.2) is 4.39 Å². The van der Waals surface area contributed by atoms with Crippen molar-refractivity contribution in [3.05, 3.63) is 83.1 Å². The third-order valence-electron chi connectivity index (χ3n) is 5.28. The molecule has 0 bridgehead atoms. The molecule has 36 heavy (non-hydrogen) atoms. The molecule has 2 aromatic carbocycles. The van der Waals surface area contributed by atoms with Gasteiger partial charge in [-0.3, -0.25) is 14.6 Å². The van der Waals surface area contributed by atoms with E-state index < -0.39 is 5.82 Å². The average Bonchev–Trinajstić information content (AvgIpc) is 3.30. The number of fused-ring (bicyclic) bond motifs is 1. The second-order valence-corrected chi connectivity index (χ2v) is 9.33. The SMILES string of the molecule is CCN(C)C(=O)c1cc2nccc(Oc3ccc(NC(=S)NC(=O)Cc4ccccc4)cc3F)c2s1. The number of rotatable bonds is 7. The minimum Gasteiger partial charge on any atom is -0.453 e. The number of carbonyl (C=O) groups is 2. The highest BCUT2D eigenvalue weighted by atomic mass is 32.1. The third kappa shape index (κ3) is 6.02. The first-order chi connectivity index (χ1) is 17.3. The molecule has 10 heteroatoms. The van der Waals surface area contributed by atoms with Gasteiger partial charge in [0.2, 0.25) is 5.91 Å². The largest absolute Gasteiger partial charge is 0.453 e. The molecule has 0 aliphatic rings. The van der Waals surface area contributed by atoms with Crippen molar-refractivity contribution in [1.29, 1.82) is 0 Å². The summed E-state index contributed by atoms with van der Waals surface area (Å²) >= 11 is 6.43. The number of thiocarbonyl (C=S) groups is 1. The van der Waals surface area contributed by atoms with E-state index in [0.29, 0.717) is 33.1 Å². The van der Waals surface area contributed by atoms with Gasteiger partial charge in [0.15, 0.2) is 16.7 Å². The summed E-state index contributed by atoms with van der Waals surface area (Å²) < 4.78 is 21.3. The van der Waals surface area contributed by atoms with Crippen LogP contribution in [0.5, 0.6) is 11.5 Å². The molecule has 0 aliphatic heterocycles. The Morgan fingerprint density at radius 1 is 1.11 bits per heavy atom. The Morgan fingerprint density at radius 3 is 2.61 bits per heavy atom. The number of benzene rings is 2. The van der Waals surface area contributed by atoms with Gasteiger partial charge in [0.05, 0.1) is 21.5 Å². The highest BCUT2D eigenvalue weighted by molar-refractivity contribution is 7.80. The maximum Gasteiger partial charge on any atom is 0.263 e. The van der Waals surface area contributed by atoms with Crippen LogP contribution in [-0.4, -0.2) is 40.4 Å². The Morgan fingerprint density at radius 2 is 1.89 bits per heavy atom. The molecule has 4 rings (SSSR count). The van der Waals surface area contributed by atoms with Crippen LogP contribution >= 0.6 is 23.6 Å². The quantitative estimate of drug-likeness (QED) is 0.317. The lowest BCUT2D eigenvalue weighted by molar-refractivity contribution is -0.119. The number of halogens is 1. The first-order valence-corrected chi connectivity index (χ1v) is 12.3. The fourth-order valence-corrected chi connectivity index (χ4v) is 4.62. The fourth-order valence-electron chi connectivity index (χ4n) is 3.33. The molecule has 2 N–H and O–H groups in total. The van der Waals surface area contributed by atoms with Gasteiger partial charge in [-0.05, 0) is 42.9 Å². The van der Waals surface area contributed by atoms with Crippen LogP contribution in [0.3, 0.4) is 0 Å². The Hall–Kier alpha value is -3.89. The smallest absolute Gasteiger partial charge is 0.263 e. The van der Waals surface area contributed by atoms with Crippen LogP contribution in [0, 0.1) is 5.82 Å². The molecule has 0 saturated heterocycles. The molecule has 4 aromatic rings. The molecule has 7 nitrogen and oxygen atoms in total. The van der Waals surface area contributed by atoms with Crippen molar-refractivity contribution in [3.8, 4) is 11.5 Å². The number of carbonyl (C=O) groups excluding carboxylic acids is 2. The van der Waals surface area contributed by atoms with Crippen LogP contribution in [0.15, 0.2) is 66.9 Å². The van der Waals surface area contributed by atoms with Gasteiger partial charge in [0.25, 0.3) is 5.91 Å². The first kappa shape index (κ1) is 25.2. The van der Waals surface area contributed by atoms with Crippen LogP contribution in [-0.2, 0) is 11.2 Å². The summed E-state index contributed by atoms with van der Waals surface area (Å²) in [6, 6.07) is 16.9. The summed E-state index contributed by atoms with van der Waals surface area (Å²) in [6.45, 7) is 2.47. The number of nitrogens with one attached hydrogen (secondary N) is 2. The summed E-state index contributed by atoms with van der Waals surface area (Å²) in [7, 11) is 1.73. The molecule has 2 amide bonds. The van der Waals surface area contributed by atoms with Crippen LogP contribution in [0.2, 0.25) is 0 Å². The maximum absolute atomic E-state index is 14.9. The predicted molar refractivity (Wildman–Crippen MR) is 143 cm³/mol. The van der Waals surface area contributed by atoms with Crippen LogP contribution in [0.4, 0.5) is 10.1 Å². The van der Waals surface area contributed by atoms with E-state index in [0.717, 1.165) is 5.56 Å². The molecule has 2 heterocycles. The van der Waals surface area contributed by atoms with Gasteiger partial charge in [0, 0.05) is 37.6 Å². The summed E-state index contributed by atoms with van der Waals surface area (Å²) in [5.41, 5.74) is 1.81. The van der Waals surface area contributed by atoms with Crippen molar-refractivity contribution in [2.45, 2.75) is 13.3 Å². The van der Waals surface area contributed by atoms with Gasteiger partial charge in [-0.1, -0.05) is 30.3 Å². The molecular formula is C26H23FN4O3S2. The van der Waals surface area contributed by atoms with E-state index in [9.17, 15) is 14.0 Å². The number of hydrogen-bond donors (Lipinski definition) is 2. The Kier molecular flexibility index (Phi) is 7.87. The average molecular weight is 523 g/mol. The molecule has 0 spiro atoms. The summed E-state index contributed by atoms with van der Waals surface area (Å²) in [5, 5.41) is 5.45. The number of ether oxygens (including phenoxy) is 1. The van der Waals surface area contributed by atoms with E-state index in [1.54, 1.807) is 36.3 Å². The van der Waals surface area contributed by atoms with E-state index in [4.69, 9.17) is 17.0 Å². The molecule has 0 aliphatic carbocycles. The van der Waals surface area contributed by atoms with Crippen molar-refractivity contribution in [1.82, 2.24) is 15.2 Å². The van der Waals surface area contributed by atoms with Gasteiger partial charge in [-0.2, -0.15) is 0 Å². The maximum atomic E-state index is 14.9.